The number of hydrogen-bond donors (Lipinski definition) is 2. The van der Waals surface area contributed by atoms with E-state index < -0.39 is 0 Å². The van der Waals surface area contributed by atoms with Crippen molar-refractivity contribution in [1.29, 1.82) is 5.26 Å². The summed E-state index contributed by atoms with van der Waals surface area (Å²) in [6.07, 6.45) is 0. The molecule has 0 aliphatic heterocycles. The zero-order chi connectivity index (χ0) is 17.6. The highest BCUT2D eigenvalue weighted by atomic mass is 16.5. The predicted octanol–water partition coefficient (Wildman–Crippen LogP) is 2.85. The van der Waals surface area contributed by atoms with Crippen LogP contribution < -0.4 is 14.8 Å². The maximum atomic E-state index is 12.1. The van der Waals surface area contributed by atoms with Gasteiger partial charge in [-0.2, -0.15) is 5.26 Å². The van der Waals surface area contributed by atoms with Crippen molar-refractivity contribution >= 4 is 22.9 Å². The largest absolute Gasteiger partial charge is 0.490 e. The summed E-state index contributed by atoms with van der Waals surface area (Å²) in [7, 11) is 0. The Labute approximate surface area is 144 Å². The van der Waals surface area contributed by atoms with Crippen molar-refractivity contribution < 1.29 is 14.3 Å². The van der Waals surface area contributed by atoms with Gasteiger partial charge in [-0.05, 0) is 31.2 Å². The van der Waals surface area contributed by atoms with Gasteiger partial charge in [0.1, 0.15) is 0 Å². The summed E-state index contributed by atoms with van der Waals surface area (Å²) >= 11 is 0. The number of carbonyl (C=O) groups is 1. The Bertz CT molecular complexity index is 910. The Kier molecular flexibility index (Phi) is 4.81. The maximum Gasteiger partial charge on any atom is 0.264 e. The summed E-state index contributed by atoms with van der Waals surface area (Å²) < 4.78 is 11.0. The molecule has 7 heteroatoms. The molecule has 3 aromatic rings. The van der Waals surface area contributed by atoms with Crippen LogP contribution >= 0.6 is 0 Å². The number of anilines is 1. The molecule has 0 unspecified atom stereocenters. The van der Waals surface area contributed by atoms with Crippen LogP contribution in [0.3, 0.4) is 0 Å². The van der Waals surface area contributed by atoms with Gasteiger partial charge in [-0.3, -0.25) is 10.1 Å². The zero-order valence-corrected chi connectivity index (χ0v) is 13.6. The van der Waals surface area contributed by atoms with E-state index in [4.69, 9.17) is 14.7 Å². The lowest BCUT2D eigenvalue weighted by atomic mass is 10.2. The van der Waals surface area contributed by atoms with Gasteiger partial charge in [0.25, 0.3) is 5.91 Å². The highest BCUT2D eigenvalue weighted by molar-refractivity contribution is 5.92. The highest BCUT2D eigenvalue weighted by Crippen LogP contribution is 2.28. The third-order valence-corrected chi connectivity index (χ3v) is 3.38. The number of aromatic nitrogens is 2. The van der Waals surface area contributed by atoms with Crippen molar-refractivity contribution in [2.45, 2.75) is 6.92 Å². The van der Waals surface area contributed by atoms with E-state index >= 15 is 0 Å². The van der Waals surface area contributed by atoms with Crippen LogP contribution in [0.25, 0.3) is 11.0 Å². The molecule has 0 atom stereocenters. The molecule has 0 saturated heterocycles. The molecule has 2 aromatic carbocycles. The molecule has 1 amide bonds. The summed E-state index contributed by atoms with van der Waals surface area (Å²) in [6.45, 7) is 2.05. The van der Waals surface area contributed by atoms with Crippen molar-refractivity contribution in [3.63, 3.8) is 0 Å². The Hall–Kier alpha value is -3.53. The fraction of sp³-hybridized carbons (Fsp3) is 0.167. The number of rotatable bonds is 6. The number of para-hydroxylation sites is 2. The Morgan fingerprint density at radius 1 is 1.24 bits per heavy atom. The minimum absolute atomic E-state index is 0.205. The molecule has 3 rings (SSSR count). The van der Waals surface area contributed by atoms with E-state index in [2.05, 4.69) is 15.3 Å². The number of nitrogens with zero attached hydrogens (tertiary/aromatic N) is 2. The lowest BCUT2D eigenvalue weighted by Crippen LogP contribution is -2.21. The first-order valence-corrected chi connectivity index (χ1v) is 7.74. The highest BCUT2D eigenvalue weighted by Gasteiger charge is 2.11. The molecule has 25 heavy (non-hydrogen) atoms. The number of amides is 1. The SMILES string of the molecule is CCOc1cc(C#N)ccc1OCC(=O)Nc1nc2ccccc2[nH]1. The third-order valence-electron chi connectivity index (χ3n) is 3.38. The number of aromatic amines is 1. The van der Waals surface area contributed by atoms with Crippen LogP contribution in [0.5, 0.6) is 11.5 Å². The van der Waals surface area contributed by atoms with Crippen molar-refractivity contribution in [2.24, 2.45) is 0 Å². The fourth-order valence-corrected chi connectivity index (χ4v) is 2.29. The van der Waals surface area contributed by atoms with Gasteiger partial charge in [0, 0.05) is 6.07 Å². The van der Waals surface area contributed by atoms with E-state index in [1.807, 2.05) is 37.3 Å². The van der Waals surface area contributed by atoms with Crippen LogP contribution in [0.1, 0.15) is 12.5 Å². The number of H-pyrrole nitrogens is 1. The number of imidazole rings is 1. The van der Waals surface area contributed by atoms with Gasteiger partial charge in [-0.15, -0.1) is 0 Å². The van der Waals surface area contributed by atoms with Gasteiger partial charge < -0.3 is 14.5 Å². The number of hydrogen-bond acceptors (Lipinski definition) is 5. The number of benzene rings is 2. The van der Waals surface area contributed by atoms with E-state index in [9.17, 15) is 4.79 Å². The van der Waals surface area contributed by atoms with E-state index in [-0.39, 0.29) is 12.5 Å². The van der Waals surface area contributed by atoms with Crippen LogP contribution in [-0.4, -0.2) is 29.1 Å². The van der Waals surface area contributed by atoms with Gasteiger partial charge in [0.15, 0.2) is 18.1 Å². The second-order valence-corrected chi connectivity index (χ2v) is 5.15. The molecule has 2 N–H and O–H groups in total. The van der Waals surface area contributed by atoms with E-state index in [0.29, 0.717) is 29.6 Å². The summed E-state index contributed by atoms with van der Waals surface area (Å²) in [4.78, 5) is 19.4. The Morgan fingerprint density at radius 2 is 2.08 bits per heavy atom. The van der Waals surface area contributed by atoms with Gasteiger partial charge >= 0.3 is 0 Å². The summed E-state index contributed by atoms with van der Waals surface area (Å²) in [5, 5.41) is 11.6. The van der Waals surface area contributed by atoms with E-state index in [1.54, 1.807) is 18.2 Å². The second kappa shape index (κ2) is 7.36. The third kappa shape index (κ3) is 3.87. The fourth-order valence-electron chi connectivity index (χ4n) is 2.29. The van der Waals surface area contributed by atoms with E-state index in [1.165, 1.54) is 0 Å². The molecular weight excluding hydrogens is 320 g/mol. The monoisotopic (exact) mass is 336 g/mol. The molecule has 0 spiro atoms. The minimum atomic E-state index is -0.356. The van der Waals surface area contributed by atoms with Crippen LogP contribution in [0.2, 0.25) is 0 Å². The smallest absolute Gasteiger partial charge is 0.264 e. The van der Waals surface area contributed by atoms with Crippen LogP contribution in [0, 0.1) is 11.3 Å². The average Bonchev–Trinajstić information content (AvgIpc) is 3.03. The standard InChI is InChI=1S/C18H16N4O3/c1-2-24-16-9-12(10-19)7-8-15(16)25-11-17(23)22-18-20-13-5-3-4-6-14(13)21-18/h3-9H,2,11H2,1H3,(H2,20,21,22,23). The lowest BCUT2D eigenvalue weighted by molar-refractivity contribution is -0.118. The first-order chi connectivity index (χ1) is 12.2. The van der Waals surface area contributed by atoms with Crippen molar-refractivity contribution in [2.75, 3.05) is 18.5 Å². The lowest BCUT2D eigenvalue weighted by Gasteiger charge is -2.11. The summed E-state index contributed by atoms with van der Waals surface area (Å²) in [5.74, 6) is 0.837. The second-order valence-electron chi connectivity index (χ2n) is 5.15. The van der Waals surface area contributed by atoms with Crippen LogP contribution in [-0.2, 0) is 4.79 Å². The van der Waals surface area contributed by atoms with Crippen molar-refractivity contribution in [1.82, 2.24) is 9.97 Å². The average molecular weight is 336 g/mol. The molecular formula is C18H16N4O3. The molecule has 0 aliphatic rings. The molecule has 0 aliphatic carbocycles. The number of ether oxygens (including phenoxy) is 2. The van der Waals surface area contributed by atoms with Crippen LogP contribution in [0.15, 0.2) is 42.5 Å². The van der Waals surface area contributed by atoms with Gasteiger partial charge in [0.05, 0.1) is 29.3 Å². The summed E-state index contributed by atoms with van der Waals surface area (Å²) in [6, 6.07) is 14.3. The molecule has 0 bridgehead atoms. The molecule has 0 saturated carbocycles. The van der Waals surface area contributed by atoms with Gasteiger partial charge in [-0.1, -0.05) is 12.1 Å². The van der Waals surface area contributed by atoms with Crippen molar-refractivity contribution in [3.8, 4) is 17.6 Å². The van der Waals surface area contributed by atoms with Crippen molar-refractivity contribution in [3.05, 3.63) is 48.0 Å². The molecule has 1 aromatic heterocycles. The minimum Gasteiger partial charge on any atom is -0.490 e. The Balaban J connectivity index is 1.65. The molecule has 7 nitrogen and oxygen atoms in total. The molecule has 0 radical (unpaired) electrons. The number of nitriles is 1. The predicted molar refractivity (Wildman–Crippen MR) is 92.5 cm³/mol. The molecule has 0 fully saturated rings. The van der Waals surface area contributed by atoms with Gasteiger partial charge in [-0.25, -0.2) is 4.98 Å². The molecule has 126 valence electrons. The summed E-state index contributed by atoms with van der Waals surface area (Å²) in [5.41, 5.74) is 2.07. The Morgan fingerprint density at radius 3 is 2.84 bits per heavy atom. The first kappa shape index (κ1) is 16.3. The number of carbonyl (C=O) groups excluding carboxylic acids is 1. The zero-order valence-electron chi connectivity index (χ0n) is 13.6. The topological polar surface area (TPSA) is 100 Å². The van der Waals surface area contributed by atoms with Crippen LogP contribution in [0.4, 0.5) is 5.95 Å². The number of nitrogens with one attached hydrogen (secondary N) is 2. The number of fused-ring (bicyclic) bond motifs is 1. The van der Waals surface area contributed by atoms with Gasteiger partial charge in [0.2, 0.25) is 5.95 Å². The first-order valence-electron chi connectivity index (χ1n) is 7.74. The quantitative estimate of drug-likeness (QED) is 0.721. The normalized spacial score (nSPS) is 10.2. The maximum absolute atomic E-state index is 12.1. The molecule has 1 heterocycles. The van der Waals surface area contributed by atoms with E-state index in [0.717, 1.165) is 11.0 Å².